The van der Waals surface area contributed by atoms with E-state index in [1.54, 1.807) is 6.07 Å². The first-order chi connectivity index (χ1) is 15.2. The second-order valence-corrected chi connectivity index (χ2v) is 7.76. The Hall–Kier alpha value is -3.11. The van der Waals surface area contributed by atoms with Crippen LogP contribution in [0.25, 0.3) is 11.3 Å². The van der Waals surface area contributed by atoms with Gasteiger partial charge >= 0.3 is 12.7 Å². The van der Waals surface area contributed by atoms with Gasteiger partial charge in [-0.2, -0.15) is 32.1 Å². The van der Waals surface area contributed by atoms with Crippen molar-refractivity contribution < 1.29 is 22.0 Å². The zero-order chi connectivity index (χ0) is 22.9. The summed E-state index contributed by atoms with van der Waals surface area (Å²) in [6, 6.07) is 3.61. The molecule has 0 radical (unpaired) electrons. The van der Waals surface area contributed by atoms with Crippen LogP contribution in [-0.4, -0.2) is 24.5 Å². The molecule has 4 rings (SSSR count). The summed E-state index contributed by atoms with van der Waals surface area (Å²) in [6.45, 7) is -3.35. The summed E-state index contributed by atoms with van der Waals surface area (Å²) in [5.74, 6) is -0.0692. The first-order valence-corrected chi connectivity index (χ1v) is 10.2. The third kappa shape index (κ3) is 4.56. The van der Waals surface area contributed by atoms with Crippen LogP contribution in [0, 0.1) is 0 Å². The molecule has 3 heterocycles. The SMILES string of the molecule is O=c1c(C2CCCCC2)cc(-c2cnn(C(F)F)c2)nn1Cc1ncccc1C(F)(F)F. The maximum absolute atomic E-state index is 13.4. The second kappa shape index (κ2) is 8.79. The van der Waals surface area contributed by atoms with Crippen LogP contribution in [0.5, 0.6) is 0 Å². The Kier molecular flexibility index (Phi) is 6.07. The molecule has 3 aromatic rings. The highest BCUT2D eigenvalue weighted by atomic mass is 19.4. The molecule has 0 atom stereocenters. The van der Waals surface area contributed by atoms with E-state index in [0.717, 1.165) is 49.0 Å². The van der Waals surface area contributed by atoms with Gasteiger partial charge in [0.1, 0.15) is 0 Å². The van der Waals surface area contributed by atoms with Gasteiger partial charge in [0.2, 0.25) is 0 Å². The molecule has 1 aliphatic carbocycles. The van der Waals surface area contributed by atoms with E-state index in [0.29, 0.717) is 10.2 Å². The summed E-state index contributed by atoms with van der Waals surface area (Å²) in [4.78, 5) is 17.0. The molecule has 1 aliphatic rings. The summed E-state index contributed by atoms with van der Waals surface area (Å²) < 4.78 is 67.6. The first kappa shape index (κ1) is 22.1. The van der Waals surface area contributed by atoms with Crippen LogP contribution in [-0.2, 0) is 12.7 Å². The second-order valence-electron chi connectivity index (χ2n) is 7.76. The zero-order valence-electron chi connectivity index (χ0n) is 16.9. The van der Waals surface area contributed by atoms with Gasteiger partial charge in [0.05, 0.1) is 29.7 Å². The van der Waals surface area contributed by atoms with Gasteiger partial charge in [-0.3, -0.25) is 9.78 Å². The lowest BCUT2D eigenvalue weighted by Gasteiger charge is -2.22. The lowest BCUT2D eigenvalue weighted by Crippen LogP contribution is -2.30. The van der Waals surface area contributed by atoms with E-state index in [1.165, 1.54) is 18.5 Å². The minimum Gasteiger partial charge on any atom is -0.267 e. The molecular weight excluding hydrogens is 433 g/mol. The fourth-order valence-electron chi connectivity index (χ4n) is 4.06. The van der Waals surface area contributed by atoms with Crippen LogP contribution in [0.1, 0.15) is 61.4 Å². The summed E-state index contributed by atoms with van der Waals surface area (Å²) in [6.07, 6.45) is 3.31. The Morgan fingerprint density at radius 3 is 2.56 bits per heavy atom. The van der Waals surface area contributed by atoms with Crippen LogP contribution in [0.4, 0.5) is 22.0 Å². The molecule has 32 heavy (non-hydrogen) atoms. The molecule has 0 aliphatic heterocycles. The average Bonchev–Trinajstić information content (AvgIpc) is 3.26. The van der Waals surface area contributed by atoms with Gasteiger partial charge in [0.15, 0.2) is 0 Å². The van der Waals surface area contributed by atoms with Crippen LogP contribution in [0.2, 0.25) is 0 Å². The minimum atomic E-state index is -4.64. The number of alkyl halides is 5. The highest BCUT2D eigenvalue weighted by molar-refractivity contribution is 5.57. The summed E-state index contributed by atoms with van der Waals surface area (Å²) in [7, 11) is 0. The van der Waals surface area contributed by atoms with E-state index in [9.17, 15) is 26.7 Å². The fraction of sp³-hybridized carbons (Fsp3) is 0.429. The Bertz CT molecular complexity index is 1150. The topological polar surface area (TPSA) is 65.6 Å². The predicted molar refractivity (Wildman–Crippen MR) is 105 cm³/mol. The van der Waals surface area contributed by atoms with E-state index in [4.69, 9.17) is 0 Å². The third-order valence-electron chi connectivity index (χ3n) is 5.64. The quantitative estimate of drug-likeness (QED) is 0.510. The Morgan fingerprint density at radius 1 is 1.16 bits per heavy atom. The van der Waals surface area contributed by atoms with E-state index in [-0.39, 0.29) is 22.9 Å². The number of aromatic nitrogens is 5. The standard InChI is InChI=1S/C21H20F5N5O/c22-20(23)31-11-14(10-28-31)17-9-15(13-5-2-1-3-6-13)19(32)30(29-17)12-18-16(21(24,25)26)7-4-8-27-18/h4,7-11,13,20H,1-3,5-6,12H2. The van der Waals surface area contributed by atoms with Gasteiger partial charge < -0.3 is 0 Å². The van der Waals surface area contributed by atoms with Crippen LogP contribution in [0.3, 0.4) is 0 Å². The molecule has 0 N–H and O–H groups in total. The molecule has 0 amide bonds. The van der Waals surface area contributed by atoms with Crippen molar-refractivity contribution in [1.29, 1.82) is 0 Å². The van der Waals surface area contributed by atoms with Crippen molar-refractivity contribution in [2.45, 2.75) is 57.3 Å². The maximum atomic E-state index is 13.4. The van der Waals surface area contributed by atoms with Crippen molar-refractivity contribution in [2.75, 3.05) is 0 Å². The van der Waals surface area contributed by atoms with Crippen molar-refractivity contribution >= 4 is 0 Å². The van der Waals surface area contributed by atoms with Crippen molar-refractivity contribution in [1.82, 2.24) is 24.5 Å². The summed E-state index contributed by atoms with van der Waals surface area (Å²) in [5, 5.41) is 7.78. The van der Waals surface area contributed by atoms with Crippen molar-refractivity contribution in [3.63, 3.8) is 0 Å². The number of halogens is 5. The number of pyridine rings is 1. The number of hydrogen-bond acceptors (Lipinski definition) is 4. The van der Waals surface area contributed by atoms with Crippen molar-refractivity contribution in [2.24, 2.45) is 0 Å². The first-order valence-electron chi connectivity index (χ1n) is 10.2. The molecule has 170 valence electrons. The molecule has 11 heteroatoms. The Balaban J connectivity index is 1.82. The average molecular weight is 453 g/mol. The van der Waals surface area contributed by atoms with Gasteiger partial charge in [-0.25, -0.2) is 9.36 Å². The molecule has 1 saturated carbocycles. The van der Waals surface area contributed by atoms with Crippen molar-refractivity contribution in [3.05, 3.63) is 64.0 Å². The third-order valence-corrected chi connectivity index (χ3v) is 5.64. The zero-order valence-corrected chi connectivity index (χ0v) is 16.9. The lowest BCUT2D eigenvalue weighted by atomic mass is 9.84. The molecule has 0 saturated heterocycles. The fourth-order valence-corrected chi connectivity index (χ4v) is 4.06. The van der Waals surface area contributed by atoms with Gasteiger partial charge in [-0.1, -0.05) is 19.3 Å². The monoisotopic (exact) mass is 453 g/mol. The predicted octanol–water partition coefficient (Wildman–Crippen LogP) is 5.01. The normalized spacial score (nSPS) is 15.4. The van der Waals surface area contributed by atoms with Crippen LogP contribution < -0.4 is 5.56 Å². The van der Waals surface area contributed by atoms with E-state index < -0.39 is 30.4 Å². The van der Waals surface area contributed by atoms with Gasteiger partial charge in [0.25, 0.3) is 5.56 Å². The highest BCUT2D eigenvalue weighted by Crippen LogP contribution is 2.33. The molecule has 0 bridgehead atoms. The van der Waals surface area contributed by atoms with Gasteiger partial charge in [0, 0.05) is 23.5 Å². The summed E-state index contributed by atoms with van der Waals surface area (Å²) in [5.41, 5.74) is -0.937. The number of hydrogen-bond donors (Lipinski definition) is 0. The molecule has 0 spiro atoms. The molecule has 0 unspecified atom stereocenters. The number of nitrogens with zero attached hydrogens (tertiary/aromatic N) is 5. The molecule has 1 fully saturated rings. The van der Waals surface area contributed by atoms with Crippen molar-refractivity contribution in [3.8, 4) is 11.3 Å². The highest BCUT2D eigenvalue weighted by Gasteiger charge is 2.34. The maximum Gasteiger partial charge on any atom is 0.418 e. The van der Waals surface area contributed by atoms with Gasteiger partial charge in [-0.15, -0.1) is 0 Å². The molecule has 3 aromatic heterocycles. The van der Waals surface area contributed by atoms with Crippen LogP contribution in [0.15, 0.2) is 41.6 Å². The smallest absolute Gasteiger partial charge is 0.267 e. The van der Waals surface area contributed by atoms with Crippen LogP contribution >= 0.6 is 0 Å². The lowest BCUT2D eigenvalue weighted by molar-refractivity contribution is -0.138. The molecular formula is C21H20F5N5O. The molecule has 0 aromatic carbocycles. The minimum absolute atomic E-state index is 0.0692. The largest absolute Gasteiger partial charge is 0.418 e. The van der Waals surface area contributed by atoms with E-state index in [2.05, 4.69) is 15.2 Å². The molecule has 6 nitrogen and oxygen atoms in total. The van der Waals surface area contributed by atoms with Gasteiger partial charge in [-0.05, 0) is 37.0 Å². The Labute approximate surface area is 179 Å². The Morgan fingerprint density at radius 2 is 1.91 bits per heavy atom. The van der Waals surface area contributed by atoms with E-state index >= 15 is 0 Å². The number of rotatable bonds is 5. The van der Waals surface area contributed by atoms with E-state index in [1.807, 2.05) is 0 Å². The summed E-state index contributed by atoms with van der Waals surface area (Å²) >= 11 is 0.